The van der Waals surface area contributed by atoms with E-state index in [4.69, 9.17) is 4.74 Å². The number of rotatable bonds is 5. The van der Waals surface area contributed by atoms with E-state index in [0.29, 0.717) is 13.0 Å². The molecule has 1 aliphatic heterocycles. The third-order valence-corrected chi connectivity index (χ3v) is 2.19. The fourth-order valence-electron chi connectivity index (χ4n) is 1.51. The Labute approximate surface area is 78.5 Å². The molecule has 3 heteroatoms. The fraction of sp³-hybridized carbons (Fsp3) is 0.800. The Morgan fingerprint density at radius 2 is 2.23 bits per heavy atom. The van der Waals surface area contributed by atoms with E-state index in [-0.39, 0.29) is 24.1 Å². The van der Waals surface area contributed by atoms with Crippen molar-refractivity contribution in [1.82, 2.24) is 0 Å². The molecule has 1 saturated heterocycles. The first-order valence-corrected chi connectivity index (χ1v) is 4.90. The molecule has 0 aromatic heterocycles. The fourth-order valence-corrected chi connectivity index (χ4v) is 1.51. The second-order valence-electron chi connectivity index (χ2n) is 3.43. The second-order valence-corrected chi connectivity index (χ2v) is 3.43. The van der Waals surface area contributed by atoms with E-state index in [1.165, 1.54) is 0 Å². The SMILES string of the molecule is CCCC(=O)CC(=O)C1CCCO1. The van der Waals surface area contributed by atoms with Crippen LogP contribution in [0.3, 0.4) is 0 Å². The molecular formula is C10H16O3. The number of carbonyl (C=O) groups is 2. The molecule has 1 aliphatic rings. The lowest BCUT2D eigenvalue weighted by atomic mass is 10.0. The van der Waals surface area contributed by atoms with Gasteiger partial charge in [-0.1, -0.05) is 6.92 Å². The van der Waals surface area contributed by atoms with Crippen LogP contribution in [-0.4, -0.2) is 24.3 Å². The van der Waals surface area contributed by atoms with Crippen LogP contribution in [0.1, 0.15) is 39.0 Å². The standard InChI is InChI=1S/C10H16O3/c1-2-4-8(11)7-9(12)10-5-3-6-13-10/h10H,2-7H2,1H3. The second kappa shape index (κ2) is 5.12. The quantitative estimate of drug-likeness (QED) is 0.608. The average Bonchev–Trinajstić information content (AvgIpc) is 2.55. The van der Waals surface area contributed by atoms with Gasteiger partial charge in [0.2, 0.25) is 0 Å². The van der Waals surface area contributed by atoms with Crippen molar-refractivity contribution in [2.75, 3.05) is 6.61 Å². The summed E-state index contributed by atoms with van der Waals surface area (Å²) in [6.45, 7) is 2.60. The molecule has 13 heavy (non-hydrogen) atoms. The number of Topliss-reactive ketones (excluding diaryl/α,β-unsaturated/α-hetero) is 2. The van der Waals surface area contributed by atoms with Crippen LogP contribution < -0.4 is 0 Å². The first-order chi connectivity index (χ1) is 6.24. The van der Waals surface area contributed by atoms with Gasteiger partial charge in [0.05, 0.1) is 6.42 Å². The van der Waals surface area contributed by atoms with Crippen LogP contribution in [0.15, 0.2) is 0 Å². The van der Waals surface area contributed by atoms with Gasteiger partial charge in [0.1, 0.15) is 11.9 Å². The van der Waals surface area contributed by atoms with E-state index in [1.807, 2.05) is 6.92 Å². The van der Waals surface area contributed by atoms with Crippen LogP contribution in [0.25, 0.3) is 0 Å². The highest BCUT2D eigenvalue weighted by molar-refractivity contribution is 6.01. The maximum absolute atomic E-state index is 11.4. The number of carbonyl (C=O) groups excluding carboxylic acids is 2. The molecule has 0 aliphatic carbocycles. The van der Waals surface area contributed by atoms with E-state index in [2.05, 4.69) is 0 Å². The highest BCUT2D eigenvalue weighted by atomic mass is 16.5. The smallest absolute Gasteiger partial charge is 0.168 e. The minimum Gasteiger partial charge on any atom is -0.370 e. The molecule has 0 N–H and O–H groups in total. The topological polar surface area (TPSA) is 43.4 Å². The van der Waals surface area contributed by atoms with E-state index in [1.54, 1.807) is 0 Å². The zero-order chi connectivity index (χ0) is 9.68. The van der Waals surface area contributed by atoms with E-state index >= 15 is 0 Å². The monoisotopic (exact) mass is 184 g/mol. The van der Waals surface area contributed by atoms with Gasteiger partial charge in [-0.3, -0.25) is 9.59 Å². The van der Waals surface area contributed by atoms with Crippen LogP contribution in [0, 0.1) is 0 Å². The van der Waals surface area contributed by atoms with Crippen LogP contribution in [-0.2, 0) is 14.3 Å². The van der Waals surface area contributed by atoms with Gasteiger partial charge in [-0.2, -0.15) is 0 Å². The summed E-state index contributed by atoms with van der Waals surface area (Å²) >= 11 is 0. The van der Waals surface area contributed by atoms with Crippen LogP contribution in [0.5, 0.6) is 0 Å². The largest absolute Gasteiger partial charge is 0.370 e. The molecule has 1 unspecified atom stereocenters. The van der Waals surface area contributed by atoms with Gasteiger partial charge in [0.15, 0.2) is 5.78 Å². The van der Waals surface area contributed by atoms with Gasteiger partial charge < -0.3 is 4.74 Å². The average molecular weight is 184 g/mol. The first-order valence-electron chi connectivity index (χ1n) is 4.90. The summed E-state index contributed by atoms with van der Waals surface area (Å²) in [5, 5.41) is 0. The summed E-state index contributed by atoms with van der Waals surface area (Å²) in [5.74, 6) is 0.0129. The van der Waals surface area contributed by atoms with E-state index < -0.39 is 0 Å². The summed E-state index contributed by atoms with van der Waals surface area (Å²) in [6, 6.07) is 0. The summed E-state index contributed by atoms with van der Waals surface area (Å²) in [7, 11) is 0. The number of ether oxygens (including phenoxy) is 1. The molecule has 0 aromatic rings. The zero-order valence-corrected chi connectivity index (χ0v) is 8.04. The maximum atomic E-state index is 11.4. The molecule has 0 radical (unpaired) electrons. The van der Waals surface area contributed by atoms with Crippen molar-refractivity contribution >= 4 is 11.6 Å². The van der Waals surface area contributed by atoms with Gasteiger partial charge in [-0.05, 0) is 19.3 Å². The lowest BCUT2D eigenvalue weighted by molar-refractivity contribution is -0.132. The Morgan fingerprint density at radius 1 is 1.46 bits per heavy atom. The molecule has 0 saturated carbocycles. The molecule has 74 valence electrons. The van der Waals surface area contributed by atoms with Crippen molar-refractivity contribution < 1.29 is 14.3 Å². The van der Waals surface area contributed by atoms with Crippen LogP contribution >= 0.6 is 0 Å². The third-order valence-electron chi connectivity index (χ3n) is 2.19. The molecule has 1 fully saturated rings. The molecule has 1 rings (SSSR count). The molecule has 3 nitrogen and oxygen atoms in total. The lowest BCUT2D eigenvalue weighted by Crippen LogP contribution is -2.22. The first kappa shape index (κ1) is 10.4. The van der Waals surface area contributed by atoms with Gasteiger partial charge >= 0.3 is 0 Å². The highest BCUT2D eigenvalue weighted by Crippen LogP contribution is 2.14. The van der Waals surface area contributed by atoms with Crippen LogP contribution in [0.2, 0.25) is 0 Å². The predicted molar refractivity (Wildman–Crippen MR) is 48.5 cm³/mol. The molecule has 1 heterocycles. The Morgan fingerprint density at radius 3 is 2.77 bits per heavy atom. The molecular weight excluding hydrogens is 168 g/mol. The summed E-state index contributed by atoms with van der Waals surface area (Å²) in [6.07, 6.45) is 2.84. The van der Waals surface area contributed by atoms with Gasteiger partial charge in [-0.25, -0.2) is 0 Å². The van der Waals surface area contributed by atoms with Gasteiger partial charge in [-0.15, -0.1) is 0 Å². The Bertz CT molecular complexity index is 192. The number of hydrogen-bond acceptors (Lipinski definition) is 3. The number of hydrogen-bond donors (Lipinski definition) is 0. The normalized spacial score (nSPS) is 21.8. The summed E-state index contributed by atoms with van der Waals surface area (Å²) in [5.41, 5.74) is 0. The Hall–Kier alpha value is -0.700. The van der Waals surface area contributed by atoms with Crippen LogP contribution in [0.4, 0.5) is 0 Å². The van der Waals surface area contributed by atoms with Gasteiger partial charge in [0, 0.05) is 13.0 Å². The Kier molecular flexibility index (Phi) is 4.09. The van der Waals surface area contributed by atoms with Crippen molar-refractivity contribution in [3.05, 3.63) is 0 Å². The molecule has 1 atom stereocenters. The number of ketones is 2. The zero-order valence-electron chi connectivity index (χ0n) is 8.04. The van der Waals surface area contributed by atoms with Gasteiger partial charge in [0.25, 0.3) is 0 Å². The minimum absolute atomic E-state index is 0.0315. The molecule has 0 aromatic carbocycles. The maximum Gasteiger partial charge on any atom is 0.168 e. The van der Waals surface area contributed by atoms with Crippen molar-refractivity contribution in [3.8, 4) is 0 Å². The minimum atomic E-state index is -0.291. The summed E-state index contributed by atoms with van der Waals surface area (Å²) < 4.78 is 5.19. The van der Waals surface area contributed by atoms with E-state index in [9.17, 15) is 9.59 Å². The van der Waals surface area contributed by atoms with Crippen molar-refractivity contribution in [1.29, 1.82) is 0 Å². The summed E-state index contributed by atoms with van der Waals surface area (Å²) in [4.78, 5) is 22.5. The van der Waals surface area contributed by atoms with Crippen molar-refractivity contribution in [3.63, 3.8) is 0 Å². The molecule has 0 bridgehead atoms. The van der Waals surface area contributed by atoms with Crippen molar-refractivity contribution in [2.45, 2.75) is 45.1 Å². The van der Waals surface area contributed by atoms with E-state index in [0.717, 1.165) is 19.3 Å². The molecule has 0 spiro atoms. The predicted octanol–water partition coefficient (Wildman–Crippen LogP) is 1.49. The molecule has 0 amide bonds. The highest BCUT2D eigenvalue weighted by Gasteiger charge is 2.24. The lowest BCUT2D eigenvalue weighted by Gasteiger charge is -2.06. The van der Waals surface area contributed by atoms with Crippen molar-refractivity contribution in [2.24, 2.45) is 0 Å². The third kappa shape index (κ3) is 3.27. The Balaban J connectivity index is 2.27.